The van der Waals surface area contributed by atoms with Gasteiger partial charge in [-0.05, 0) is 43.9 Å². The highest BCUT2D eigenvalue weighted by atomic mass is 16.5. The molecule has 2 heterocycles. The molecule has 19 heavy (non-hydrogen) atoms. The Bertz CT molecular complexity index is 290. The molecule has 2 saturated heterocycles. The third-order valence-electron chi connectivity index (χ3n) is 4.78. The first-order chi connectivity index (χ1) is 9.22. The third kappa shape index (κ3) is 3.93. The summed E-state index contributed by atoms with van der Waals surface area (Å²) in [7, 11) is 0. The minimum absolute atomic E-state index is 0.260. The molecule has 4 nitrogen and oxygen atoms in total. The van der Waals surface area contributed by atoms with E-state index in [9.17, 15) is 4.79 Å². The maximum atomic E-state index is 12.4. The third-order valence-corrected chi connectivity index (χ3v) is 4.78. The predicted molar refractivity (Wildman–Crippen MR) is 75.7 cm³/mol. The summed E-state index contributed by atoms with van der Waals surface area (Å²) in [4.78, 5) is 14.4. The van der Waals surface area contributed by atoms with Gasteiger partial charge in [-0.3, -0.25) is 4.79 Å². The number of carbonyl (C=O) groups is 1. The van der Waals surface area contributed by atoms with E-state index in [0.717, 1.165) is 45.4 Å². The van der Waals surface area contributed by atoms with Gasteiger partial charge in [-0.1, -0.05) is 6.92 Å². The normalized spacial score (nSPS) is 29.5. The Balaban J connectivity index is 1.80. The molecule has 0 aliphatic carbocycles. The van der Waals surface area contributed by atoms with Gasteiger partial charge in [-0.2, -0.15) is 0 Å². The van der Waals surface area contributed by atoms with E-state index < -0.39 is 0 Å². The zero-order chi connectivity index (χ0) is 13.7. The van der Waals surface area contributed by atoms with Crippen molar-refractivity contribution in [1.82, 2.24) is 4.90 Å². The van der Waals surface area contributed by atoms with Crippen molar-refractivity contribution in [2.45, 2.75) is 51.5 Å². The van der Waals surface area contributed by atoms with Crippen molar-refractivity contribution in [3.8, 4) is 0 Å². The van der Waals surface area contributed by atoms with E-state index in [1.807, 2.05) is 4.90 Å². The number of carbonyl (C=O) groups excluding carboxylic acids is 1. The SMILES string of the molecule is C[C@H]1CCCN(C(=O)CCC2CCOCC2)[C@@H]1CN. The lowest BCUT2D eigenvalue weighted by Gasteiger charge is -2.39. The molecule has 0 saturated carbocycles. The standard InChI is InChI=1S/C15H28N2O2/c1-12-3-2-8-17(14(12)11-16)15(18)5-4-13-6-9-19-10-7-13/h12-14H,2-11,16H2,1H3/t12-,14+/m0/s1. The first-order valence-corrected chi connectivity index (χ1v) is 7.79. The molecule has 2 N–H and O–H groups in total. The number of piperidine rings is 1. The molecule has 2 rings (SSSR count). The number of hydrogen-bond donors (Lipinski definition) is 1. The fourth-order valence-electron chi connectivity index (χ4n) is 3.42. The molecule has 0 radical (unpaired) electrons. The summed E-state index contributed by atoms with van der Waals surface area (Å²) >= 11 is 0. The molecule has 0 aromatic heterocycles. The van der Waals surface area contributed by atoms with Crippen LogP contribution in [0.5, 0.6) is 0 Å². The van der Waals surface area contributed by atoms with E-state index in [1.165, 1.54) is 6.42 Å². The number of nitrogens with zero attached hydrogens (tertiary/aromatic N) is 1. The minimum Gasteiger partial charge on any atom is -0.381 e. The number of nitrogens with two attached hydrogens (primary N) is 1. The average molecular weight is 268 g/mol. The first kappa shape index (κ1) is 14.8. The number of hydrogen-bond acceptors (Lipinski definition) is 3. The van der Waals surface area contributed by atoms with Crippen LogP contribution in [0.1, 0.15) is 45.4 Å². The van der Waals surface area contributed by atoms with Crippen LogP contribution in [-0.2, 0) is 9.53 Å². The van der Waals surface area contributed by atoms with Crippen LogP contribution in [0, 0.1) is 11.8 Å². The number of ether oxygens (including phenoxy) is 1. The summed E-state index contributed by atoms with van der Waals surface area (Å²) in [6.07, 6.45) is 6.26. The Kier molecular flexibility index (Phi) is 5.64. The first-order valence-electron chi connectivity index (χ1n) is 7.79. The van der Waals surface area contributed by atoms with Crippen LogP contribution in [0.3, 0.4) is 0 Å². The maximum absolute atomic E-state index is 12.4. The largest absolute Gasteiger partial charge is 0.381 e. The molecular formula is C15H28N2O2. The fraction of sp³-hybridized carbons (Fsp3) is 0.933. The monoisotopic (exact) mass is 268 g/mol. The van der Waals surface area contributed by atoms with Gasteiger partial charge in [-0.15, -0.1) is 0 Å². The Morgan fingerprint density at radius 1 is 1.32 bits per heavy atom. The minimum atomic E-state index is 0.260. The highest BCUT2D eigenvalue weighted by molar-refractivity contribution is 5.76. The van der Waals surface area contributed by atoms with Crippen LogP contribution < -0.4 is 5.73 Å². The van der Waals surface area contributed by atoms with Gasteiger partial charge in [0.2, 0.25) is 5.91 Å². The van der Waals surface area contributed by atoms with Crippen molar-refractivity contribution < 1.29 is 9.53 Å². The van der Waals surface area contributed by atoms with Crippen LogP contribution in [-0.4, -0.2) is 43.2 Å². The summed E-state index contributed by atoms with van der Waals surface area (Å²) in [5.41, 5.74) is 5.85. The maximum Gasteiger partial charge on any atom is 0.222 e. The lowest BCUT2D eigenvalue weighted by molar-refractivity contribution is -0.136. The zero-order valence-electron chi connectivity index (χ0n) is 12.1. The smallest absolute Gasteiger partial charge is 0.222 e. The molecule has 1 amide bonds. The molecular weight excluding hydrogens is 240 g/mol. The highest BCUT2D eigenvalue weighted by Gasteiger charge is 2.30. The van der Waals surface area contributed by atoms with Gasteiger partial charge in [0.05, 0.1) is 0 Å². The van der Waals surface area contributed by atoms with E-state index in [1.54, 1.807) is 0 Å². The second-order valence-electron chi connectivity index (χ2n) is 6.10. The fourth-order valence-corrected chi connectivity index (χ4v) is 3.42. The zero-order valence-corrected chi connectivity index (χ0v) is 12.1. The van der Waals surface area contributed by atoms with Gasteiger partial charge in [0.15, 0.2) is 0 Å². The second kappa shape index (κ2) is 7.25. The molecule has 0 aromatic rings. The van der Waals surface area contributed by atoms with Gasteiger partial charge >= 0.3 is 0 Å². The van der Waals surface area contributed by atoms with Gasteiger partial charge in [0, 0.05) is 38.8 Å². The Morgan fingerprint density at radius 2 is 2.05 bits per heavy atom. The second-order valence-corrected chi connectivity index (χ2v) is 6.10. The van der Waals surface area contributed by atoms with Gasteiger partial charge in [0.25, 0.3) is 0 Å². The van der Waals surface area contributed by atoms with Crippen LogP contribution in [0.25, 0.3) is 0 Å². The molecule has 2 fully saturated rings. The van der Waals surface area contributed by atoms with E-state index in [0.29, 0.717) is 30.7 Å². The molecule has 2 aliphatic heterocycles. The molecule has 110 valence electrons. The van der Waals surface area contributed by atoms with Crippen LogP contribution in [0.2, 0.25) is 0 Å². The topological polar surface area (TPSA) is 55.6 Å². The van der Waals surface area contributed by atoms with Crippen molar-refractivity contribution in [2.24, 2.45) is 17.6 Å². The summed E-state index contributed by atoms with van der Waals surface area (Å²) in [5.74, 6) is 1.54. The van der Waals surface area contributed by atoms with Crippen molar-refractivity contribution >= 4 is 5.91 Å². The lowest BCUT2D eigenvalue weighted by atomic mass is 9.89. The van der Waals surface area contributed by atoms with Crippen LogP contribution in [0.15, 0.2) is 0 Å². The van der Waals surface area contributed by atoms with Crippen molar-refractivity contribution in [2.75, 3.05) is 26.3 Å². The van der Waals surface area contributed by atoms with Crippen molar-refractivity contribution in [3.63, 3.8) is 0 Å². The molecule has 4 heteroatoms. The lowest BCUT2D eigenvalue weighted by Crippen LogP contribution is -2.51. The summed E-state index contributed by atoms with van der Waals surface area (Å²) in [6.45, 7) is 5.45. The molecule has 0 spiro atoms. The predicted octanol–water partition coefficient (Wildman–Crippen LogP) is 1.78. The molecule has 2 atom stereocenters. The number of amides is 1. The van der Waals surface area contributed by atoms with E-state index >= 15 is 0 Å². The number of likely N-dealkylation sites (tertiary alicyclic amines) is 1. The molecule has 2 aliphatic rings. The molecule has 0 aromatic carbocycles. The van der Waals surface area contributed by atoms with Gasteiger partial charge in [0.1, 0.15) is 0 Å². The average Bonchev–Trinajstić information content (AvgIpc) is 2.45. The van der Waals surface area contributed by atoms with E-state index in [4.69, 9.17) is 10.5 Å². The number of rotatable bonds is 4. The summed E-state index contributed by atoms with van der Waals surface area (Å²) < 4.78 is 5.36. The Labute approximate surface area is 116 Å². The summed E-state index contributed by atoms with van der Waals surface area (Å²) in [6, 6.07) is 0.260. The molecule has 0 bridgehead atoms. The highest BCUT2D eigenvalue weighted by Crippen LogP contribution is 2.25. The van der Waals surface area contributed by atoms with Crippen LogP contribution >= 0.6 is 0 Å². The van der Waals surface area contributed by atoms with Gasteiger partial charge in [-0.25, -0.2) is 0 Å². The van der Waals surface area contributed by atoms with Crippen molar-refractivity contribution in [3.05, 3.63) is 0 Å². The quantitative estimate of drug-likeness (QED) is 0.845. The van der Waals surface area contributed by atoms with E-state index in [-0.39, 0.29) is 6.04 Å². The summed E-state index contributed by atoms with van der Waals surface area (Å²) in [5, 5.41) is 0. The van der Waals surface area contributed by atoms with Crippen LogP contribution in [0.4, 0.5) is 0 Å². The molecule has 0 unspecified atom stereocenters. The van der Waals surface area contributed by atoms with E-state index in [2.05, 4.69) is 6.92 Å². The van der Waals surface area contributed by atoms with Gasteiger partial charge < -0.3 is 15.4 Å². The van der Waals surface area contributed by atoms with Crippen molar-refractivity contribution in [1.29, 1.82) is 0 Å². The Hall–Kier alpha value is -0.610. The Morgan fingerprint density at radius 3 is 2.74 bits per heavy atom.